The molecule has 0 aromatic heterocycles. The molecule has 2 saturated carbocycles. The summed E-state index contributed by atoms with van der Waals surface area (Å²) in [5.74, 6) is 0.301. The highest BCUT2D eigenvalue weighted by atomic mass is 16.3. The number of nitrogens with one attached hydrogen (secondary N) is 1. The minimum atomic E-state index is -0.198. The normalized spacial score (nSPS) is 27.1. The number of hydrogen-bond acceptors (Lipinski definition) is 2. The van der Waals surface area contributed by atoms with Gasteiger partial charge in [-0.1, -0.05) is 29.8 Å². The molecule has 0 spiro atoms. The number of benzene rings is 1. The van der Waals surface area contributed by atoms with Crippen LogP contribution in [-0.2, 0) is 11.2 Å². The topological polar surface area (TPSA) is 49.3 Å². The lowest BCUT2D eigenvalue weighted by Gasteiger charge is -2.27. The van der Waals surface area contributed by atoms with Crippen LogP contribution in [0.25, 0.3) is 0 Å². The molecular weight excluding hydrogens is 262 g/mol. The molecule has 0 aliphatic heterocycles. The van der Waals surface area contributed by atoms with Crippen LogP contribution < -0.4 is 5.32 Å². The van der Waals surface area contributed by atoms with E-state index in [9.17, 15) is 9.90 Å². The third kappa shape index (κ3) is 3.65. The minimum absolute atomic E-state index is 0.000932. The van der Waals surface area contributed by atoms with E-state index in [1.807, 2.05) is 0 Å². The van der Waals surface area contributed by atoms with Crippen molar-refractivity contribution in [1.29, 1.82) is 0 Å². The van der Waals surface area contributed by atoms with E-state index in [1.165, 1.54) is 11.1 Å². The highest BCUT2D eigenvalue weighted by Gasteiger charge is 2.45. The molecule has 3 heteroatoms. The predicted octanol–water partition coefficient (Wildman–Crippen LogP) is 2.74. The largest absolute Gasteiger partial charge is 0.393 e. The van der Waals surface area contributed by atoms with Gasteiger partial charge in [0.1, 0.15) is 0 Å². The smallest absolute Gasteiger partial charge is 0.223 e. The maximum Gasteiger partial charge on any atom is 0.223 e. The van der Waals surface area contributed by atoms with Crippen molar-refractivity contribution in [3.63, 3.8) is 0 Å². The molecule has 1 aromatic carbocycles. The Bertz CT molecular complexity index is 514. The van der Waals surface area contributed by atoms with Gasteiger partial charge in [0, 0.05) is 11.5 Å². The Hall–Kier alpha value is -1.35. The van der Waals surface area contributed by atoms with E-state index < -0.39 is 0 Å². The Morgan fingerprint density at radius 2 is 2.00 bits per heavy atom. The molecule has 0 unspecified atom stereocenters. The van der Waals surface area contributed by atoms with E-state index in [-0.39, 0.29) is 23.5 Å². The van der Waals surface area contributed by atoms with Crippen LogP contribution in [0.3, 0.4) is 0 Å². The quantitative estimate of drug-likeness (QED) is 0.894. The molecule has 114 valence electrons. The first-order valence-electron chi connectivity index (χ1n) is 8.12. The summed E-state index contributed by atoms with van der Waals surface area (Å²) < 4.78 is 0. The summed E-state index contributed by atoms with van der Waals surface area (Å²) in [6.45, 7) is 2.11. The first kappa shape index (κ1) is 14.6. The Balaban J connectivity index is 1.58. The van der Waals surface area contributed by atoms with E-state index in [0.29, 0.717) is 0 Å². The zero-order chi connectivity index (χ0) is 14.9. The summed E-state index contributed by atoms with van der Waals surface area (Å²) in [7, 11) is 0. The molecule has 0 saturated heterocycles. The molecular formula is C18H25NO2. The Morgan fingerprint density at radius 3 is 2.62 bits per heavy atom. The Morgan fingerprint density at radius 1 is 1.29 bits per heavy atom. The summed E-state index contributed by atoms with van der Waals surface area (Å²) in [6.07, 6.45) is 6.10. The number of carbonyl (C=O) groups excluding carboxylic acids is 1. The first-order chi connectivity index (χ1) is 10.1. The van der Waals surface area contributed by atoms with Crippen molar-refractivity contribution in [2.24, 2.45) is 5.92 Å². The van der Waals surface area contributed by atoms with Crippen molar-refractivity contribution in [3.05, 3.63) is 35.4 Å². The highest BCUT2D eigenvalue weighted by molar-refractivity contribution is 5.80. The lowest BCUT2D eigenvalue weighted by molar-refractivity contribution is -0.127. The second kappa shape index (κ2) is 5.80. The summed E-state index contributed by atoms with van der Waals surface area (Å²) in [6, 6.07) is 8.56. The number of carbonyl (C=O) groups is 1. The van der Waals surface area contributed by atoms with Crippen molar-refractivity contribution < 1.29 is 9.90 Å². The average molecular weight is 287 g/mol. The molecule has 21 heavy (non-hydrogen) atoms. The summed E-state index contributed by atoms with van der Waals surface area (Å²) in [5, 5.41) is 12.8. The van der Waals surface area contributed by atoms with E-state index in [1.54, 1.807) is 0 Å². The molecule has 1 aromatic rings. The van der Waals surface area contributed by atoms with Gasteiger partial charge in [-0.3, -0.25) is 4.79 Å². The number of hydrogen-bond donors (Lipinski definition) is 2. The third-order valence-electron chi connectivity index (χ3n) is 4.93. The number of amides is 1. The maximum absolute atomic E-state index is 12.4. The summed E-state index contributed by atoms with van der Waals surface area (Å²) in [5.41, 5.74) is 2.59. The zero-order valence-corrected chi connectivity index (χ0v) is 12.8. The van der Waals surface area contributed by atoms with E-state index in [4.69, 9.17) is 0 Å². The molecule has 0 atom stereocenters. The Labute approximate surface area is 126 Å². The van der Waals surface area contributed by atoms with Crippen LogP contribution in [0.15, 0.2) is 24.3 Å². The van der Waals surface area contributed by atoms with Crippen LogP contribution in [-0.4, -0.2) is 22.7 Å². The van der Waals surface area contributed by atoms with Gasteiger partial charge in [0.15, 0.2) is 0 Å². The average Bonchev–Trinajstić information content (AvgIpc) is 3.18. The van der Waals surface area contributed by atoms with Crippen LogP contribution in [0.5, 0.6) is 0 Å². The van der Waals surface area contributed by atoms with Gasteiger partial charge in [-0.25, -0.2) is 0 Å². The molecule has 3 rings (SSSR count). The fraction of sp³-hybridized carbons (Fsp3) is 0.611. The van der Waals surface area contributed by atoms with E-state index in [0.717, 1.165) is 44.9 Å². The molecule has 0 bridgehead atoms. The van der Waals surface area contributed by atoms with Crippen LogP contribution >= 0.6 is 0 Å². The van der Waals surface area contributed by atoms with Gasteiger partial charge in [0.2, 0.25) is 5.91 Å². The lowest BCUT2D eigenvalue weighted by atomic mass is 9.86. The number of aryl methyl sites for hydroxylation is 1. The molecule has 0 heterocycles. The fourth-order valence-electron chi connectivity index (χ4n) is 3.41. The highest BCUT2D eigenvalue weighted by Crippen LogP contribution is 2.39. The van der Waals surface area contributed by atoms with Crippen LogP contribution in [0, 0.1) is 12.8 Å². The molecule has 2 aliphatic rings. The number of aliphatic hydroxyl groups excluding tert-OH is 1. The van der Waals surface area contributed by atoms with Gasteiger partial charge < -0.3 is 10.4 Å². The van der Waals surface area contributed by atoms with Crippen molar-refractivity contribution in [1.82, 2.24) is 5.32 Å². The second-order valence-corrected chi connectivity index (χ2v) is 6.94. The molecule has 2 fully saturated rings. The number of rotatable bonds is 4. The van der Waals surface area contributed by atoms with Gasteiger partial charge in [0.25, 0.3) is 0 Å². The lowest BCUT2D eigenvalue weighted by Crippen LogP contribution is -2.43. The van der Waals surface area contributed by atoms with Gasteiger partial charge in [-0.15, -0.1) is 0 Å². The van der Waals surface area contributed by atoms with Crippen molar-refractivity contribution in [2.45, 2.75) is 63.5 Å². The molecule has 2 N–H and O–H groups in total. The molecule has 2 aliphatic carbocycles. The van der Waals surface area contributed by atoms with E-state index in [2.05, 4.69) is 36.5 Å². The monoisotopic (exact) mass is 287 g/mol. The SMILES string of the molecule is Cc1cccc(CC2(NC(=O)C3CCC(O)CC3)CC2)c1. The van der Waals surface area contributed by atoms with Gasteiger partial charge >= 0.3 is 0 Å². The van der Waals surface area contributed by atoms with Crippen LogP contribution in [0.4, 0.5) is 0 Å². The fourth-order valence-corrected chi connectivity index (χ4v) is 3.41. The molecule has 0 radical (unpaired) electrons. The maximum atomic E-state index is 12.4. The van der Waals surface area contributed by atoms with Gasteiger partial charge in [-0.05, 0) is 57.4 Å². The van der Waals surface area contributed by atoms with Crippen molar-refractivity contribution in [3.8, 4) is 0 Å². The summed E-state index contributed by atoms with van der Waals surface area (Å²) >= 11 is 0. The molecule has 3 nitrogen and oxygen atoms in total. The minimum Gasteiger partial charge on any atom is -0.393 e. The second-order valence-electron chi connectivity index (χ2n) is 6.94. The van der Waals surface area contributed by atoms with Crippen molar-refractivity contribution >= 4 is 5.91 Å². The Kier molecular flexibility index (Phi) is 4.03. The first-order valence-corrected chi connectivity index (χ1v) is 8.12. The number of aliphatic hydroxyl groups is 1. The van der Waals surface area contributed by atoms with Crippen LogP contribution in [0.2, 0.25) is 0 Å². The molecule has 1 amide bonds. The van der Waals surface area contributed by atoms with Crippen molar-refractivity contribution in [2.75, 3.05) is 0 Å². The standard InChI is InChI=1S/C18H25NO2/c1-13-3-2-4-14(11-13)12-18(9-10-18)19-17(21)15-5-7-16(20)8-6-15/h2-4,11,15-16,20H,5-10,12H2,1H3,(H,19,21). The predicted molar refractivity (Wildman–Crippen MR) is 83.0 cm³/mol. The van der Waals surface area contributed by atoms with Gasteiger partial charge in [-0.2, -0.15) is 0 Å². The van der Waals surface area contributed by atoms with Gasteiger partial charge in [0.05, 0.1) is 6.10 Å². The van der Waals surface area contributed by atoms with E-state index >= 15 is 0 Å². The third-order valence-corrected chi connectivity index (χ3v) is 4.93. The van der Waals surface area contributed by atoms with Crippen LogP contribution in [0.1, 0.15) is 49.7 Å². The zero-order valence-electron chi connectivity index (χ0n) is 12.8. The summed E-state index contributed by atoms with van der Waals surface area (Å²) in [4.78, 5) is 12.4.